The molecule has 4 heteroatoms. The van der Waals surface area contributed by atoms with Crippen molar-refractivity contribution < 1.29 is 8.42 Å². The number of allylic oxidation sites excluding steroid dienone is 1. The van der Waals surface area contributed by atoms with Crippen LogP contribution in [0.25, 0.3) is 0 Å². The van der Waals surface area contributed by atoms with Gasteiger partial charge in [0.1, 0.15) is 4.16 Å². The van der Waals surface area contributed by atoms with E-state index in [9.17, 15) is 8.42 Å². The van der Waals surface area contributed by atoms with Gasteiger partial charge in [-0.1, -0.05) is 41.8 Å². The highest BCUT2D eigenvalue weighted by atomic mass is 79.9. The number of unbranched alkanes of at least 4 members (excludes halogenated alkanes) is 2. The first-order chi connectivity index (χ1) is 5.50. The SMILES string of the molecule is CCCCC=CS(=O)(=O)C(C)Br. The highest BCUT2D eigenvalue weighted by molar-refractivity contribution is 9.11. The van der Waals surface area contributed by atoms with Crippen LogP contribution in [-0.4, -0.2) is 12.6 Å². The molecule has 1 unspecified atom stereocenters. The van der Waals surface area contributed by atoms with Gasteiger partial charge >= 0.3 is 0 Å². The van der Waals surface area contributed by atoms with Crippen LogP contribution in [-0.2, 0) is 9.84 Å². The van der Waals surface area contributed by atoms with Gasteiger partial charge < -0.3 is 0 Å². The number of sulfone groups is 1. The van der Waals surface area contributed by atoms with Gasteiger partial charge in [-0.3, -0.25) is 0 Å². The Morgan fingerprint density at radius 2 is 2.08 bits per heavy atom. The van der Waals surface area contributed by atoms with Crippen molar-refractivity contribution in [2.24, 2.45) is 0 Å². The van der Waals surface area contributed by atoms with E-state index in [1.54, 1.807) is 13.0 Å². The molecule has 0 aliphatic rings. The summed E-state index contributed by atoms with van der Waals surface area (Å²) >= 11 is 3.03. The number of rotatable bonds is 5. The van der Waals surface area contributed by atoms with Crippen molar-refractivity contribution in [3.63, 3.8) is 0 Å². The Morgan fingerprint density at radius 3 is 2.50 bits per heavy atom. The molecular weight excluding hydrogens is 240 g/mol. The Balaban J connectivity index is 3.98. The minimum absolute atomic E-state index is 0.483. The van der Waals surface area contributed by atoms with E-state index in [4.69, 9.17) is 0 Å². The van der Waals surface area contributed by atoms with Gasteiger partial charge in [0, 0.05) is 5.41 Å². The molecule has 0 aliphatic carbocycles. The van der Waals surface area contributed by atoms with E-state index in [2.05, 4.69) is 22.9 Å². The summed E-state index contributed by atoms with van der Waals surface area (Å²) in [5.41, 5.74) is 0. The Bertz CT molecular complexity index is 229. The van der Waals surface area contributed by atoms with Gasteiger partial charge in [-0.15, -0.1) is 0 Å². The highest BCUT2D eigenvalue weighted by Crippen LogP contribution is 2.10. The van der Waals surface area contributed by atoms with Crippen molar-refractivity contribution in [3.8, 4) is 0 Å². The van der Waals surface area contributed by atoms with Crippen molar-refractivity contribution >= 4 is 25.8 Å². The number of halogens is 1. The fraction of sp³-hybridized carbons (Fsp3) is 0.750. The molecular formula is C8H15BrO2S. The average molecular weight is 255 g/mol. The van der Waals surface area contributed by atoms with Crippen molar-refractivity contribution in [3.05, 3.63) is 11.5 Å². The van der Waals surface area contributed by atoms with E-state index in [0.717, 1.165) is 19.3 Å². The highest BCUT2D eigenvalue weighted by Gasteiger charge is 2.12. The molecule has 0 aromatic carbocycles. The summed E-state index contributed by atoms with van der Waals surface area (Å²) in [4.78, 5) is 0. The summed E-state index contributed by atoms with van der Waals surface area (Å²) in [6.07, 6.45) is 4.70. The summed E-state index contributed by atoms with van der Waals surface area (Å²) in [6.45, 7) is 3.69. The number of hydrogen-bond acceptors (Lipinski definition) is 2. The lowest BCUT2D eigenvalue weighted by Gasteiger charge is -1.98. The minimum atomic E-state index is -3.04. The van der Waals surface area contributed by atoms with Crippen molar-refractivity contribution in [2.75, 3.05) is 0 Å². The second-order valence-electron chi connectivity index (χ2n) is 2.65. The lowest BCUT2D eigenvalue weighted by atomic mass is 10.2. The first kappa shape index (κ1) is 12.2. The molecule has 0 heterocycles. The maximum absolute atomic E-state index is 11.2. The van der Waals surface area contributed by atoms with Gasteiger partial charge in [-0.05, 0) is 13.3 Å². The van der Waals surface area contributed by atoms with E-state index in [1.165, 1.54) is 5.41 Å². The zero-order chi connectivity index (χ0) is 9.61. The molecule has 0 spiro atoms. The van der Waals surface area contributed by atoms with Crippen LogP contribution in [0.3, 0.4) is 0 Å². The van der Waals surface area contributed by atoms with Gasteiger partial charge in [0.2, 0.25) is 0 Å². The Hall–Kier alpha value is 0.170. The van der Waals surface area contributed by atoms with Gasteiger partial charge in [-0.25, -0.2) is 8.42 Å². The fourth-order valence-corrected chi connectivity index (χ4v) is 1.63. The maximum Gasteiger partial charge on any atom is 0.183 e. The predicted molar refractivity (Wildman–Crippen MR) is 56.0 cm³/mol. The summed E-state index contributed by atoms with van der Waals surface area (Å²) < 4.78 is 21.8. The molecule has 0 N–H and O–H groups in total. The van der Waals surface area contributed by atoms with E-state index >= 15 is 0 Å². The van der Waals surface area contributed by atoms with Gasteiger partial charge in [-0.2, -0.15) is 0 Å². The Labute approximate surface area is 83.1 Å². The van der Waals surface area contributed by atoms with Crippen LogP contribution < -0.4 is 0 Å². The summed E-state index contributed by atoms with van der Waals surface area (Å²) in [6, 6.07) is 0. The van der Waals surface area contributed by atoms with E-state index in [0.29, 0.717) is 0 Å². The monoisotopic (exact) mass is 254 g/mol. The lowest BCUT2D eigenvalue weighted by molar-refractivity contribution is 0.604. The van der Waals surface area contributed by atoms with E-state index in [-0.39, 0.29) is 0 Å². The third kappa shape index (κ3) is 4.93. The fourth-order valence-electron chi connectivity index (χ4n) is 0.632. The molecule has 72 valence electrons. The van der Waals surface area contributed by atoms with Crippen LogP contribution >= 0.6 is 15.9 Å². The molecule has 1 atom stereocenters. The Morgan fingerprint density at radius 1 is 1.50 bits per heavy atom. The first-order valence-electron chi connectivity index (χ1n) is 4.05. The molecule has 0 aromatic heterocycles. The van der Waals surface area contributed by atoms with Crippen LogP contribution in [0.1, 0.15) is 33.1 Å². The van der Waals surface area contributed by atoms with Gasteiger partial charge in [0.05, 0.1) is 0 Å². The summed E-state index contributed by atoms with van der Waals surface area (Å²) in [5.74, 6) is 0. The summed E-state index contributed by atoms with van der Waals surface area (Å²) in [5, 5.41) is 1.29. The van der Waals surface area contributed by atoms with Crippen molar-refractivity contribution in [1.29, 1.82) is 0 Å². The zero-order valence-corrected chi connectivity index (χ0v) is 9.86. The maximum atomic E-state index is 11.2. The lowest BCUT2D eigenvalue weighted by Crippen LogP contribution is -2.06. The molecule has 0 rings (SSSR count). The zero-order valence-electron chi connectivity index (χ0n) is 7.46. The second kappa shape index (κ2) is 5.75. The number of alkyl halides is 1. The third-order valence-corrected chi connectivity index (χ3v) is 4.50. The van der Waals surface area contributed by atoms with Crippen LogP contribution in [0.4, 0.5) is 0 Å². The molecule has 0 amide bonds. The topological polar surface area (TPSA) is 34.1 Å². The molecule has 0 radical (unpaired) electrons. The normalized spacial score (nSPS) is 15.2. The van der Waals surface area contributed by atoms with Gasteiger partial charge in [0.25, 0.3) is 0 Å². The largest absolute Gasteiger partial charge is 0.223 e. The number of hydrogen-bond donors (Lipinski definition) is 0. The van der Waals surface area contributed by atoms with E-state index in [1.807, 2.05) is 0 Å². The molecule has 0 aliphatic heterocycles. The molecule has 0 fully saturated rings. The van der Waals surface area contributed by atoms with Gasteiger partial charge in [0.15, 0.2) is 9.84 Å². The molecule has 0 bridgehead atoms. The van der Waals surface area contributed by atoms with Crippen LogP contribution in [0.5, 0.6) is 0 Å². The molecule has 0 aromatic rings. The van der Waals surface area contributed by atoms with Crippen LogP contribution in [0, 0.1) is 0 Å². The smallest absolute Gasteiger partial charge is 0.183 e. The molecule has 0 saturated heterocycles. The average Bonchev–Trinajstić information content (AvgIpc) is 1.98. The first-order valence-corrected chi connectivity index (χ1v) is 6.57. The van der Waals surface area contributed by atoms with Crippen LogP contribution in [0.15, 0.2) is 11.5 Å². The predicted octanol–water partition coefficient (Wildman–Crippen LogP) is 2.85. The summed E-state index contributed by atoms with van der Waals surface area (Å²) in [7, 11) is -3.04. The van der Waals surface area contributed by atoms with Crippen molar-refractivity contribution in [1.82, 2.24) is 0 Å². The molecule has 2 nitrogen and oxygen atoms in total. The molecule has 12 heavy (non-hydrogen) atoms. The standard InChI is InChI=1S/C8H15BrO2S/c1-3-4-5-6-7-12(10,11)8(2)9/h6-8H,3-5H2,1-2H3. The van der Waals surface area contributed by atoms with Crippen molar-refractivity contribution in [2.45, 2.75) is 37.3 Å². The minimum Gasteiger partial charge on any atom is -0.223 e. The second-order valence-corrected chi connectivity index (χ2v) is 6.78. The molecule has 0 saturated carbocycles. The Kier molecular flexibility index (Phi) is 5.84. The quantitative estimate of drug-likeness (QED) is 0.559. The van der Waals surface area contributed by atoms with E-state index < -0.39 is 14.0 Å². The third-order valence-electron chi connectivity index (χ3n) is 1.46. The van der Waals surface area contributed by atoms with Crippen LogP contribution in [0.2, 0.25) is 0 Å².